The van der Waals surface area contributed by atoms with Crippen molar-refractivity contribution >= 4 is 33.2 Å². The average Bonchev–Trinajstić information content (AvgIpc) is 2.47. The van der Waals surface area contributed by atoms with Gasteiger partial charge in [0.25, 0.3) is 0 Å². The lowest BCUT2D eigenvalue weighted by Crippen LogP contribution is -2.30. The number of anilines is 1. The molecule has 5 nitrogen and oxygen atoms in total. The summed E-state index contributed by atoms with van der Waals surface area (Å²) in [7, 11) is -3.53. The summed E-state index contributed by atoms with van der Waals surface area (Å²) in [4.78, 5) is 12.0. The van der Waals surface area contributed by atoms with E-state index >= 15 is 0 Å². The van der Waals surface area contributed by atoms with Gasteiger partial charge in [0, 0.05) is 30.6 Å². The molecule has 0 aliphatic carbocycles. The van der Waals surface area contributed by atoms with Gasteiger partial charge in [0.05, 0.1) is 4.90 Å². The predicted molar refractivity (Wildman–Crippen MR) is 85.1 cm³/mol. The van der Waals surface area contributed by atoms with Gasteiger partial charge in [0.15, 0.2) is 0 Å². The van der Waals surface area contributed by atoms with Crippen LogP contribution in [-0.2, 0) is 14.8 Å². The summed E-state index contributed by atoms with van der Waals surface area (Å²) in [6.07, 6.45) is 0. The Hall–Kier alpha value is -1.11. The first-order chi connectivity index (χ1) is 9.86. The number of amides is 1. The molecule has 0 bridgehead atoms. The summed E-state index contributed by atoms with van der Waals surface area (Å²) >= 11 is 5.63. The second-order valence-corrected chi connectivity index (χ2v) is 6.91. The minimum absolute atomic E-state index is 0.169. The van der Waals surface area contributed by atoms with Crippen LogP contribution in [0.5, 0.6) is 0 Å². The van der Waals surface area contributed by atoms with E-state index in [4.69, 9.17) is 11.6 Å². The van der Waals surface area contributed by atoms with Gasteiger partial charge < -0.3 is 5.32 Å². The molecule has 0 fully saturated rings. The average molecular weight is 333 g/mol. The Morgan fingerprint density at radius 2 is 1.95 bits per heavy atom. The molecule has 7 heteroatoms. The number of carbonyl (C=O) groups excluding carboxylic acids is 1. The highest BCUT2D eigenvalue weighted by atomic mass is 35.5. The highest BCUT2D eigenvalue weighted by molar-refractivity contribution is 7.89. The minimum atomic E-state index is -3.53. The third-order valence-corrected chi connectivity index (χ3v) is 5.63. The van der Waals surface area contributed by atoms with Gasteiger partial charge in [0.2, 0.25) is 15.9 Å². The zero-order chi connectivity index (χ0) is 16.0. The van der Waals surface area contributed by atoms with Crippen LogP contribution in [0.25, 0.3) is 0 Å². The van der Waals surface area contributed by atoms with E-state index in [1.807, 2.05) is 0 Å². The standard InChI is InChI=1S/C14H21ClN2O3S/c1-4-17(5-2)21(19,20)13-8-6-7-12(9-13)16-14(18)11(3)10-15/h6-9,11H,4-5,10H2,1-3H3,(H,16,18). The van der Waals surface area contributed by atoms with Crippen LogP contribution >= 0.6 is 11.6 Å². The van der Waals surface area contributed by atoms with E-state index < -0.39 is 10.0 Å². The van der Waals surface area contributed by atoms with Crippen molar-refractivity contribution in [1.29, 1.82) is 0 Å². The number of benzene rings is 1. The molecule has 0 heterocycles. The predicted octanol–water partition coefficient (Wildman–Crippen LogP) is 2.53. The molecule has 1 unspecified atom stereocenters. The van der Waals surface area contributed by atoms with E-state index in [-0.39, 0.29) is 22.6 Å². The molecule has 1 aromatic carbocycles. The van der Waals surface area contributed by atoms with Crippen molar-refractivity contribution in [2.75, 3.05) is 24.3 Å². The molecule has 0 aromatic heterocycles. The fourth-order valence-corrected chi connectivity index (χ4v) is 3.43. The zero-order valence-corrected chi connectivity index (χ0v) is 14.0. The Morgan fingerprint density at radius 3 is 2.48 bits per heavy atom. The SMILES string of the molecule is CCN(CC)S(=O)(=O)c1cccc(NC(=O)C(C)CCl)c1. The Morgan fingerprint density at radius 1 is 1.33 bits per heavy atom. The van der Waals surface area contributed by atoms with Gasteiger partial charge in [-0.15, -0.1) is 11.6 Å². The van der Waals surface area contributed by atoms with Crippen molar-refractivity contribution < 1.29 is 13.2 Å². The monoisotopic (exact) mass is 332 g/mol. The Kier molecular flexibility index (Phi) is 6.64. The van der Waals surface area contributed by atoms with E-state index in [9.17, 15) is 13.2 Å². The number of alkyl halides is 1. The first-order valence-electron chi connectivity index (χ1n) is 6.83. The topological polar surface area (TPSA) is 66.5 Å². The van der Waals surface area contributed by atoms with Crippen molar-refractivity contribution in [2.24, 2.45) is 5.92 Å². The van der Waals surface area contributed by atoms with Crippen LogP contribution in [0, 0.1) is 5.92 Å². The molecule has 0 saturated heterocycles. The van der Waals surface area contributed by atoms with Gasteiger partial charge in [-0.05, 0) is 18.2 Å². The summed E-state index contributed by atoms with van der Waals surface area (Å²) in [5, 5.41) is 2.67. The minimum Gasteiger partial charge on any atom is -0.326 e. The molecule has 1 N–H and O–H groups in total. The van der Waals surface area contributed by atoms with Crippen molar-refractivity contribution in [3.63, 3.8) is 0 Å². The molecule has 21 heavy (non-hydrogen) atoms. The molecule has 0 aliphatic rings. The fourth-order valence-electron chi connectivity index (χ4n) is 1.78. The number of nitrogens with zero attached hydrogens (tertiary/aromatic N) is 1. The van der Waals surface area contributed by atoms with Gasteiger partial charge in [-0.2, -0.15) is 4.31 Å². The Balaban J connectivity index is 3.03. The zero-order valence-electron chi connectivity index (χ0n) is 12.5. The van der Waals surface area contributed by atoms with Crippen LogP contribution < -0.4 is 5.32 Å². The number of sulfonamides is 1. The molecule has 0 radical (unpaired) electrons. The maximum atomic E-state index is 12.4. The third-order valence-electron chi connectivity index (χ3n) is 3.12. The lowest BCUT2D eigenvalue weighted by molar-refractivity contribution is -0.118. The number of carbonyl (C=O) groups is 1. The molecular weight excluding hydrogens is 312 g/mol. The Labute approximate surface area is 131 Å². The number of hydrogen-bond donors (Lipinski definition) is 1. The van der Waals surface area contributed by atoms with Crippen molar-refractivity contribution in [2.45, 2.75) is 25.7 Å². The molecule has 1 aromatic rings. The van der Waals surface area contributed by atoms with Crippen molar-refractivity contribution in [1.82, 2.24) is 4.31 Å². The highest BCUT2D eigenvalue weighted by Gasteiger charge is 2.22. The normalized spacial score (nSPS) is 13.2. The number of nitrogens with one attached hydrogen (secondary N) is 1. The van der Waals surface area contributed by atoms with Crippen LogP contribution in [0.1, 0.15) is 20.8 Å². The second-order valence-electron chi connectivity index (χ2n) is 4.66. The van der Waals surface area contributed by atoms with Crippen LogP contribution in [0.4, 0.5) is 5.69 Å². The van der Waals surface area contributed by atoms with Crippen LogP contribution in [-0.4, -0.2) is 37.6 Å². The van der Waals surface area contributed by atoms with Crippen molar-refractivity contribution in [3.8, 4) is 0 Å². The summed E-state index contributed by atoms with van der Waals surface area (Å²) in [6.45, 7) is 6.08. The summed E-state index contributed by atoms with van der Waals surface area (Å²) in [6, 6.07) is 6.25. The molecular formula is C14H21ClN2O3S. The van der Waals surface area contributed by atoms with Crippen molar-refractivity contribution in [3.05, 3.63) is 24.3 Å². The molecule has 1 rings (SSSR count). The van der Waals surface area contributed by atoms with E-state index in [2.05, 4.69) is 5.32 Å². The first-order valence-corrected chi connectivity index (χ1v) is 8.81. The van der Waals surface area contributed by atoms with E-state index in [0.717, 1.165) is 0 Å². The van der Waals surface area contributed by atoms with Gasteiger partial charge in [0.1, 0.15) is 0 Å². The molecule has 0 spiro atoms. The fraction of sp³-hybridized carbons (Fsp3) is 0.500. The molecule has 118 valence electrons. The smallest absolute Gasteiger partial charge is 0.243 e. The Bertz CT molecular complexity index is 586. The highest BCUT2D eigenvalue weighted by Crippen LogP contribution is 2.20. The number of hydrogen-bond acceptors (Lipinski definition) is 3. The number of halogens is 1. The lowest BCUT2D eigenvalue weighted by Gasteiger charge is -2.19. The van der Waals surface area contributed by atoms with Gasteiger partial charge in [-0.3, -0.25) is 4.79 Å². The second kappa shape index (κ2) is 7.77. The molecule has 1 amide bonds. The molecule has 0 saturated carbocycles. The van der Waals surface area contributed by atoms with Gasteiger partial charge >= 0.3 is 0 Å². The van der Waals surface area contributed by atoms with Crippen LogP contribution in [0.3, 0.4) is 0 Å². The van der Waals surface area contributed by atoms with E-state index in [0.29, 0.717) is 18.8 Å². The van der Waals surface area contributed by atoms with E-state index in [1.165, 1.54) is 16.4 Å². The van der Waals surface area contributed by atoms with E-state index in [1.54, 1.807) is 32.9 Å². The largest absolute Gasteiger partial charge is 0.326 e. The number of rotatable bonds is 7. The molecule has 0 aliphatic heterocycles. The summed E-state index contributed by atoms with van der Waals surface area (Å²) in [5.74, 6) is -0.361. The van der Waals surface area contributed by atoms with Gasteiger partial charge in [-0.1, -0.05) is 26.8 Å². The lowest BCUT2D eigenvalue weighted by atomic mass is 10.2. The maximum absolute atomic E-state index is 12.4. The quantitative estimate of drug-likeness (QED) is 0.780. The maximum Gasteiger partial charge on any atom is 0.243 e. The molecule has 1 atom stereocenters. The van der Waals surface area contributed by atoms with Crippen LogP contribution in [0.15, 0.2) is 29.2 Å². The summed E-state index contributed by atoms with van der Waals surface area (Å²) in [5.41, 5.74) is 0.449. The first kappa shape index (κ1) is 17.9. The van der Waals surface area contributed by atoms with Crippen LogP contribution in [0.2, 0.25) is 0 Å². The van der Waals surface area contributed by atoms with Gasteiger partial charge in [-0.25, -0.2) is 8.42 Å². The third kappa shape index (κ3) is 4.43. The summed E-state index contributed by atoms with van der Waals surface area (Å²) < 4.78 is 26.2.